The predicted octanol–water partition coefficient (Wildman–Crippen LogP) is 0.695. The second-order valence-electron chi connectivity index (χ2n) is 8.84. The van der Waals surface area contributed by atoms with Crippen LogP contribution in [0.15, 0.2) is 97.1 Å². The topological polar surface area (TPSA) is 28.3 Å². The summed E-state index contributed by atoms with van der Waals surface area (Å²) in [4.78, 5) is 7.45. The van der Waals surface area contributed by atoms with Gasteiger partial charge in [0, 0.05) is 0 Å². The van der Waals surface area contributed by atoms with E-state index in [0.717, 1.165) is 33.7 Å². The first kappa shape index (κ1) is 25.7. The van der Waals surface area contributed by atoms with Crippen molar-refractivity contribution >= 4 is 23.4 Å². The van der Waals surface area contributed by atoms with Crippen molar-refractivity contribution in [1.29, 1.82) is 0 Å². The molecule has 4 heteroatoms. The summed E-state index contributed by atoms with van der Waals surface area (Å²) in [6, 6.07) is 40.3. The van der Waals surface area contributed by atoms with Crippen LogP contribution in [0.5, 0.6) is 0 Å². The van der Waals surface area contributed by atoms with Crippen LogP contribution >= 0.6 is 0 Å². The Labute approximate surface area is 251 Å². The number of H-pyrrole nitrogens is 2. The molecule has 164 valence electrons. The summed E-state index contributed by atoms with van der Waals surface area (Å²) in [5.74, 6) is 0. The number of hydrogen-bond donors (Lipinski definition) is 0. The maximum absolute atomic E-state index is 3.73. The molecule has 0 aliphatic rings. The fraction of sp³-hybridized carbons (Fsp3) is 0.0968. The third-order valence-corrected chi connectivity index (χ3v) is 6.28. The van der Waals surface area contributed by atoms with Crippen molar-refractivity contribution in [3.05, 3.63) is 126 Å². The first-order valence-electron chi connectivity index (χ1n) is 11.7. The predicted molar refractivity (Wildman–Crippen MR) is 140 cm³/mol. The number of benzene rings is 3. The van der Waals surface area contributed by atoms with Gasteiger partial charge in [-0.15, -0.1) is 60.7 Å². The van der Waals surface area contributed by atoms with Crippen LogP contribution in [0, 0.1) is 32.9 Å². The molecule has 2 aromatic heterocycles. The van der Waals surface area contributed by atoms with E-state index >= 15 is 0 Å². The van der Waals surface area contributed by atoms with E-state index in [-0.39, 0.29) is 58.1 Å². The number of pyridine rings is 2. The minimum Gasteiger partial charge on any atom is -0.257 e. The van der Waals surface area contributed by atoms with Crippen LogP contribution in [0.25, 0.3) is 22.5 Å². The average molecular weight is 477 g/mol. The quantitative estimate of drug-likeness (QED) is 0.264. The Morgan fingerprint density at radius 3 is 1.51 bits per heavy atom. The molecule has 0 aliphatic carbocycles. The molecule has 0 radical (unpaired) electrons. The van der Waals surface area contributed by atoms with Crippen molar-refractivity contribution in [3.63, 3.8) is 0 Å². The largest absolute Gasteiger partial charge is 1.00 e. The number of aryl methyl sites for hydroxylation is 3. The molecule has 5 rings (SSSR count). The third-order valence-electron chi connectivity index (χ3n) is 6.28. The number of aromatic nitrogens is 2. The Morgan fingerprint density at radius 1 is 0.600 bits per heavy atom. The number of rotatable bonds is 5. The van der Waals surface area contributed by atoms with E-state index in [0.29, 0.717) is 0 Å². The smallest absolute Gasteiger partial charge is 0.257 e. The standard InChI is InChI=1S/C31H25BN2.K/c1-22-20-23(2)31(24(3)21-22)32(29-18-10-16-27(33-29)25-12-6-4-7-13-25)30-19-11-17-28(34-30)26-14-8-5-9-15-26;/h4-12,14,16-21H,1-3H3;/q-2;+1/p+2. The van der Waals surface area contributed by atoms with E-state index in [1.54, 1.807) is 0 Å². The van der Waals surface area contributed by atoms with Crippen molar-refractivity contribution in [2.24, 2.45) is 0 Å². The second kappa shape index (κ2) is 11.6. The SMILES string of the molecule is Cc1cc(C)c(B(c2cccc(-c3[c-]cccc3)[nH+]2)c2cccc(-c3[c-]cccc3)[nH+]2)c(C)c1.[K+]. The normalized spacial score (nSPS) is 10.5. The summed E-state index contributed by atoms with van der Waals surface area (Å²) >= 11 is 0. The monoisotopic (exact) mass is 477 g/mol. The molecule has 0 atom stereocenters. The Kier molecular flexibility index (Phi) is 8.53. The van der Waals surface area contributed by atoms with Gasteiger partial charge in [0.05, 0.1) is 0 Å². The fourth-order valence-electron chi connectivity index (χ4n) is 4.87. The summed E-state index contributed by atoms with van der Waals surface area (Å²) in [5.41, 5.74) is 11.7. The van der Waals surface area contributed by atoms with Crippen molar-refractivity contribution in [3.8, 4) is 22.5 Å². The third kappa shape index (κ3) is 5.74. The molecule has 0 spiro atoms. The molecule has 3 aromatic carbocycles. The van der Waals surface area contributed by atoms with Gasteiger partial charge in [-0.05, 0) is 50.5 Å². The zero-order chi connectivity index (χ0) is 23.5. The van der Waals surface area contributed by atoms with Gasteiger partial charge in [0.15, 0.2) is 0 Å². The van der Waals surface area contributed by atoms with Gasteiger partial charge in [0.1, 0.15) is 22.6 Å². The van der Waals surface area contributed by atoms with E-state index < -0.39 is 0 Å². The molecule has 0 amide bonds. The summed E-state index contributed by atoms with van der Waals surface area (Å²) in [7, 11) is 0. The fourth-order valence-corrected chi connectivity index (χ4v) is 4.87. The van der Waals surface area contributed by atoms with Crippen LogP contribution in [-0.4, -0.2) is 6.71 Å². The van der Waals surface area contributed by atoms with E-state index in [1.165, 1.54) is 22.2 Å². The molecule has 0 unspecified atom stereocenters. The molecule has 2 N–H and O–H groups in total. The first-order valence-corrected chi connectivity index (χ1v) is 11.7. The summed E-state index contributed by atoms with van der Waals surface area (Å²) in [5, 5.41) is 0. The number of hydrogen-bond acceptors (Lipinski definition) is 0. The molecule has 0 saturated carbocycles. The molecule has 0 bridgehead atoms. The molecule has 5 aromatic rings. The Hall–Kier alpha value is -2.34. The van der Waals surface area contributed by atoms with Gasteiger partial charge in [0.25, 0.3) is 0 Å². The van der Waals surface area contributed by atoms with E-state index in [4.69, 9.17) is 0 Å². The minimum absolute atomic E-state index is 0. The molecule has 0 aliphatic heterocycles. The van der Waals surface area contributed by atoms with E-state index in [1.807, 2.05) is 36.4 Å². The van der Waals surface area contributed by atoms with Gasteiger partial charge in [-0.2, -0.15) is 0 Å². The average Bonchev–Trinajstić information content (AvgIpc) is 2.87. The van der Waals surface area contributed by atoms with Gasteiger partial charge < -0.3 is 0 Å². The minimum atomic E-state index is 0. The van der Waals surface area contributed by atoms with Crippen LogP contribution in [0.3, 0.4) is 0 Å². The molecular formula is C31H27BKN2+. The maximum atomic E-state index is 3.73. The molecule has 35 heavy (non-hydrogen) atoms. The van der Waals surface area contributed by atoms with E-state index in [9.17, 15) is 0 Å². The van der Waals surface area contributed by atoms with Gasteiger partial charge in [-0.3, -0.25) is 9.97 Å². The van der Waals surface area contributed by atoms with Crippen molar-refractivity contribution < 1.29 is 61.4 Å². The number of nitrogens with one attached hydrogen (secondary N) is 2. The molecule has 0 saturated heterocycles. The summed E-state index contributed by atoms with van der Waals surface area (Å²) < 4.78 is 0. The van der Waals surface area contributed by atoms with Crippen LogP contribution in [0.1, 0.15) is 16.7 Å². The van der Waals surface area contributed by atoms with E-state index in [2.05, 4.69) is 104 Å². The van der Waals surface area contributed by atoms with Gasteiger partial charge in [-0.1, -0.05) is 52.1 Å². The zero-order valence-electron chi connectivity index (χ0n) is 20.8. The zero-order valence-corrected chi connectivity index (χ0v) is 23.9. The second-order valence-corrected chi connectivity index (χ2v) is 8.84. The maximum Gasteiger partial charge on any atom is 1.00 e. The van der Waals surface area contributed by atoms with Crippen molar-refractivity contribution in [1.82, 2.24) is 0 Å². The van der Waals surface area contributed by atoms with Crippen molar-refractivity contribution in [2.45, 2.75) is 20.8 Å². The Bertz CT molecular complexity index is 1330. The van der Waals surface area contributed by atoms with Crippen molar-refractivity contribution in [2.75, 3.05) is 0 Å². The van der Waals surface area contributed by atoms with Crippen LogP contribution in [0.4, 0.5) is 0 Å². The summed E-state index contributed by atoms with van der Waals surface area (Å²) in [6.07, 6.45) is 0. The van der Waals surface area contributed by atoms with Crippen LogP contribution in [-0.2, 0) is 0 Å². The van der Waals surface area contributed by atoms with Crippen LogP contribution < -0.4 is 78.0 Å². The molecule has 0 fully saturated rings. The van der Waals surface area contributed by atoms with Crippen LogP contribution in [0.2, 0.25) is 0 Å². The molecule has 2 nitrogen and oxygen atoms in total. The van der Waals surface area contributed by atoms with Gasteiger partial charge in [0.2, 0.25) is 0 Å². The van der Waals surface area contributed by atoms with Gasteiger partial charge in [-0.25, -0.2) is 0 Å². The first-order chi connectivity index (χ1) is 16.6. The Balaban J connectivity index is 0.00000289. The summed E-state index contributed by atoms with van der Waals surface area (Å²) in [6.45, 7) is 6.61. The van der Waals surface area contributed by atoms with Gasteiger partial charge >= 0.3 is 58.1 Å². The Morgan fingerprint density at radius 2 is 1.09 bits per heavy atom. The molecule has 2 heterocycles. The number of aromatic amines is 2. The molecular weight excluding hydrogens is 450 g/mol.